The van der Waals surface area contributed by atoms with Crippen molar-refractivity contribution in [3.63, 3.8) is 0 Å². The number of hydrogen-bond donors (Lipinski definition) is 1. The summed E-state index contributed by atoms with van der Waals surface area (Å²) in [4.78, 5) is 12.4. The molecule has 1 aromatic rings. The number of rotatable bonds is 5. The molecule has 0 saturated carbocycles. The van der Waals surface area contributed by atoms with Crippen LogP contribution in [-0.2, 0) is 11.2 Å². The Morgan fingerprint density at radius 3 is 2.11 bits per heavy atom. The van der Waals surface area contributed by atoms with Gasteiger partial charge in [-0.25, -0.2) is 0 Å². The van der Waals surface area contributed by atoms with Crippen LogP contribution in [0.4, 0.5) is 0 Å². The number of nitrogens with two attached hydrogens (primary N) is 1. The van der Waals surface area contributed by atoms with Crippen molar-refractivity contribution in [2.45, 2.75) is 47.5 Å². The molecule has 1 unspecified atom stereocenters. The fourth-order valence-corrected chi connectivity index (χ4v) is 2.32. The third-order valence-electron chi connectivity index (χ3n) is 4.08. The van der Waals surface area contributed by atoms with Crippen LogP contribution in [-0.4, -0.2) is 12.3 Å². The van der Waals surface area contributed by atoms with Crippen molar-refractivity contribution in [1.82, 2.24) is 0 Å². The van der Waals surface area contributed by atoms with Crippen LogP contribution < -0.4 is 5.73 Å². The van der Waals surface area contributed by atoms with Crippen LogP contribution in [0.1, 0.15) is 42.5 Å². The highest BCUT2D eigenvalue weighted by molar-refractivity contribution is 5.87. The maximum absolute atomic E-state index is 12.4. The Labute approximate surface area is 111 Å². The summed E-state index contributed by atoms with van der Waals surface area (Å²) in [5, 5.41) is 0. The van der Waals surface area contributed by atoms with Crippen molar-refractivity contribution in [2.75, 3.05) is 6.54 Å². The van der Waals surface area contributed by atoms with E-state index in [2.05, 4.69) is 32.9 Å². The molecule has 2 heteroatoms. The SMILES string of the molecule is CCC(C)(CN)C(=O)Cc1c(C)cc(C)cc1C. The van der Waals surface area contributed by atoms with Gasteiger partial charge in [-0.05, 0) is 43.9 Å². The first kappa shape index (κ1) is 14.9. The van der Waals surface area contributed by atoms with Gasteiger partial charge in [0, 0.05) is 18.4 Å². The van der Waals surface area contributed by atoms with E-state index in [1.807, 2.05) is 13.8 Å². The van der Waals surface area contributed by atoms with Gasteiger partial charge in [-0.1, -0.05) is 31.5 Å². The molecule has 0 aliphatic heterocycles. The first-order valence-electron chi connectivity index (χ1n) is 6.64. The zero-order chi connectivity index (χ0) is 13.9. The summed E-state index contributed by atoms with van der Waals surface area (Å²) in [6.45, 7) is 10.7. The Morgan fingerprint density at radius 2 is 1.72 bits per heavy atom. The summed E-state index contributed by atoms with van der Waals surface area (Å²) in [5.74, 6) is 0.252. The minimum absolute atomic E-state index is 0.252. The second-order valence-corrected chi connectivity index (χ2v) is 5.60. The van der Waals surface area contributed by atoms with Gasteiger partial charge in [-0.3, -0.25) is 4.79 Å². The van der Waals surface area contributed by atoms with Gasteiger partial charge in [-0.15, -0.1) is 0 Å². The van der Waals surface area contributed by atoms with Gasteiger partial charge >= 0.3 is 0 Å². The van der Waals surface area contributed by atoms with Crippen molar-refractivity contribution in [3.05, 3.63) is 34.4 Å². The molecule has 0 aliphatic carbocycles. The Morgan fingerprint density at radius 1 is 1.22 bits per heavy atom. The zero-order valence-electron chi connectivity index (χ0n) is 12.3. The lowest BCUT2D eigenvalue weighted by Gasteiger charge is -2.25. The van der Waals surface area contributed by atoms with Gasteiger partial charge < -0.3 is 5.73 Å². The fourth-order valence-electron chi connectivity index (χ4n) is 2.32. The molecule has 18 heavy (non-hydrogen) atoms. The topological polar surface area (TPSA) is 43.1 Å². The minimum atomic E-state index is -0.385. The minimum Gasteiger partial charge on any atom is -0.329 e. The Hall–Kier alpha value is -1.15. The van der Waals surface area contributed by atoms with E-state index < -0.39 is 0 Å². The van der Waals surface area contributed by atoms with Crippen molar-refractivity contribution < 1.29 is 4.79 Å². The second-order valence-electron chi connectivity index (χ2n) is 5.60. The van der Waals surface area contributed by atoms with E-state index in [9.17, 15) is 4.79 Å². The number of benzene rings is 1. The largest absolute Gasteiger partial charge is 0.329 e. The highest BCUT2D eigenvalue weighted by Gasteiger charge is 2.29. The summed E-state index contributed by atoms with van der Waals surface area (Å²) >= 11 is 0. The van der Waals surface area contributed by atoms with Gasteiger partial charge in [0.1, 0.15) is 5.78 Å². The zero-order valence-corrected chi connectivity index (χ0v) is 12.3. The van der Waals surface area contributed by atoms with Crippen LogP contribution in [0.25, 0.3) is 0 Å². The molecule has 0 radical (unpaired) electrons. The molecule has 100 valence electrons. The fraction of sp³-hybridized carbons (Fsp3) is 0.562. The van der Waals surface area contributed by atoms with Crippen LogP contribution in [0.5, 0.6) is 0 Å². The average molecular weight is 247 g/mol. The number of aryl methyl sites for hydroxylation is 3. The number of hydrogen-bond acceptors (Lipinski definition) is 2. The normalized spacial score (nSPS) is 14.3. The van der Waals surface area contributed by atoms with E-state index in [0.29, 0.717) is 13.0 Å². The Bertz CT molecular complexity index is 421. The Balaban J connectivity index is 3.02. The molecule has 0 fully saturated rings. The number of carbonyl (C=O) groups excluding carboxylic acids is 1. The quantitative estimate of drug-likeness (QED) is 0.869. The predicted molar refractivity (Wildman–Crippen MR) is 76.8 cm³/mol. The standard InChI is InChI=1S/C16H25NO/c1-6-16(5,10-17)15(18)9-14-12(3)7-11(2)8-13(14)4/h7-8H,6,9-10,17H2,1-5H3. The molecular weight excluding hydrogens is 222 g/mol. The van der Waals surface area contributed by atoms with Gasteiger partial charge in [0.05, 0.1) is 0 Å². The summed E-state index contributed by atoms with van der Waals surface area (Å²) in [5.41, 5.74) is 10.2. The monoisotopic (exact) mass is 247 g/mol. The number of ketones is 1. The molecule has 2 N–H and O–H groups in total. The molecule has 1 atom stereocenters. The van der Waals surface area contributed by atoms with Crippen LogP contribution in [0.2, 0.25) is 0 Å². The Kier molecular flexibility index (Phi) is 4.69. The molecule has 1 rings (SSSR count). The summed E-state index contributed by atoms with van der Waals surface area (Å²) in [7, 11) is 0. The first-order valence-corrected chi connectivity index (χ1v) is 6.64. The van der Waals surface area contributed by atoms with Gasteiger partial charge in [0.15, 0.2) is 0 Å². The third kappa shape index (κ3) is 2.99. The van der Waals surface area contributed by atoms with Crippen molar-refractivity contribution in [3.8, 4) is 0 Å². The van der Waals surface area contributed by atoms with Crippen LogP contribution in [0, 0.1) is 26.2 Å². The maximum atomic E-state index is 12.4. The van der Waals surface area contributed by atoms with E-state index in [4.69, 9.17) is 5.73 Å². The van der Waals surface area contributed by atoms with E-state index in [0.717, 1.165) is 6.42 Å². The molecular formula is C16H25NO. The lowest BCUT2D eigenvalue weighted by Crippen LogP contribution is -2.36. The second kappa shape index (κ2) is 5.66. The lowest BCUT2D eigenvalue weighted by atomic mass is 9.79. The highest BCUT2D eigenvalue weighted by Crippen LogP contribution is 2.25. The maximum Gasteiger partial charge on any atom is 0.144 e. The van der Waals surface area contributed by atoms with Crippen molar-refractivity contribution in [2.24, 2.45) is 11.1 Å². The smallest absolute Gasteiger partial charge is 0.144 e. The first-order chi connectivity index (χ1) is 8.34. The summed E-state index contributed by atoms with van der Waals surface area (Å²) in [6, 6.07) is 4.28. The molecule has 0 saturated heterocycles. The number of carbonyl (C=O) groups is 1. The van der Waals surface area contributed by atoms with E-state index in [1.165, 1.54) is 22.3 Å². The lowest BCUT2D eigenvalue weighted by molar-refractivity contribution is -0.126. The summed E-state index contributed by atoms with van der Waals surface area (Å²) in [6.07, 6.45) is 1.30. The summed E-state index contributed by atoms with van der Waals surface area (Å²) < 4.78 is 0. The van der Waals surface area contributed by atoms with E-state index >= 15 is 0 Å². The molecule has 0 bridgehead atoms. The predicted octanol–water partition coefficient (Wildman–Crippen LogP) is 3.10. The van der Waals surface area contributed by atoms with Gasteiger partial charge in [0.2, 0.25) is 0 Å². The molecule has 0 heterocycles. The third-order valence-corrected chi connectivity index (χ3v) is 4.08. The van der Waals surface area contributed by atoms with Crippen molar-refractivity contribution >= 4 is 5.78 Å². The van der Waals surface area contributed by atoms with Gasteiger partial charge in [-0.2, -0.15) is 0 Å². The van der Waals surface area contributed by atoms with Crippen LogP contribution in [0.3, 0.4) is 0 Å². The van der Waals surface area contributed by atoms with E-state index in [1.54, 1.807) is 0 Å². The van der Waals surface area contributed by atoms with Crippen molar-refractivity contribution in [1.29, 1.82) is 0 Å². The molecule has 1 aromatic carbocycles. The van der Waals surface area contributed by atoms with Crippen LogP contribution in [0.15, 0.2) is 12.1 Å². The molecule has 0 aliphatic rings. The number of Topliss-reactive ketones (excluding diaryl/α,β-unsaturated/α-hetero) is 1. The molecule has 0 aromatic heterocycles. The van der Waals surface area contributed by atoms with Gasteiger partial charge in [0.25, 0.3) is 0 Å². The molecule has 2 nitrogen and oxygen atoms in total. The molecule has 0 spiro atoms. The van der Waals surface area contributed by atoms with Crippen LogP contribution >= 0.6 is 0 Å². The highest BCUT2D eigenvalue weighted by atomic mass is 16.1. The molecule has 0 amide bonds. The average Bonchev–Trinajstić information content (AvgIpc) is 2.32. The van der Waals surface area contributed by atoms with E-state index in [-0.39, 0.29) is 11.2 Å².